The number of ether oxygens (including phenoxy) is 1. The lowest BCUT2D eigenvalue weighted by Gasteiger charge is -2.23. The van der Waals surface area contributed by atoms with Crippen LogP contribution >= 0.6 is 15.9 Å². The van der Waals surface area contributed by atoms with Gasteiger partial charge in [-0.2, -0.15) is 0 Å². The lowest BCUT2D eigenvalue weighted by atomic mass is 9.96. The molecule has 2 amide bonds. The van der Waals surface area contributed by atoms with Crippen LogP contribution in [0, 0.1) is 11.7 Å². The monoisotopic (exact) mass is 527 g/mol. The fourth-order valence-electron chi connectivity index (χ4n) is 3.10. The van der Waals surface area contributed by atoms with E-state index < -0.39 is 35.6 Å². The van der Waals surface area contributed by atoms with E-state index in [1.807, 2.05) is 0 Å². The van der Waals surface area contributed by atoms with Crippen LogP contribution in [-0.2, 0) is 9.53 Å². The number of anilines is 3. The molecule has 0 radical (unpaired) electrons. The van der Waals surface area contributed by atoms with Crippen LogP contribution in [0.4, 0.5) is 26.2 Å². The molecular formula is C25H23BrFN3O4. The Kier molecular flexibility index (Phi) is 8.26. The van der Waals surface area contributed by atoms with Gasteiger partial charge in [0.25, 0.3) is 0 Å². The van der Waals surface area contributed by atoms with E-state index in [0.29, 0.717) is 22.6 Å². The van der Waals surface area contributed by atoms with Crippen molar-refractivity contribution in [3.05, 3.63) is 94.7 Å². The summed E-state index contributed by atoms with van der Waals surface area (Å²) < 4.78 is 20.4. The second-order valence-electron chi connectivity index (χ2n) is 7.46. The maximum absolute atomic E-state index is 14.0. The Bertz CT molecular complexity index is 1200. The van der Waals surface area contributed by atoms with Crippen LogP contribution in [0.5, 0.6) is 5.75 Å². The molecule has 3 rings (SSSR count). The van der Waals surface area contributed by atoms with E-state index in [1.54, 1.807) is 55.5 Å². The Balaban J connectivity index is 1.76. The standard InChI is InChI=1S/C25H23BrFN3O4/c1-15(6-13-23(32)30-21-5-3-2-4-20(21)28)24(16-7-12-22(31)19(27)14-16)34-25(33)29-18-10-8-17(26)9-11-18/h2-15,24,31H,28H2,1H3,(H,29,33)(H,30,32)/b13-6+/t15-,24+/m0/s1. The van der Waals surface area contributed by atoms with Crippen molar-refractivity contribution >= 4 is 45.0 Å². The third-order valence-electron chi connectivity index (χ3n) is 4.87. The summed E-state index contributed by atoms with van der Waals surface area (Å²) in [6.07, 6.45) is 1.12. The molecule has 0 fully saturated rings. The molecular weight excluding hydrogens is 505 g/mol. The first kappa shape index (κ1) is 24.8. The molecule has 3 aromatic carbocycles. The van der Waals surface area contributed by atoms with Crippen LogP contribution in [0.25, 0.3) is 0 Å². The summed E-state index contributed by atoms with van der Waals surface area (Å²) in [6.45, 7) is 1.71. The zero-order valence-corrected chi connectivity index (χ0v) is 19.8. The van der Waals surface area contributed by atoms with Crippen LogP contribution in [-0.4, -0.2) is 17.1 Å². The highest BCUT2D eigenvalue weighted by molar-refractivity contribution is 9.10. The third kappa shape index (κ3) is 6.82. The first-order valence-corrected chi connectivity index (χ1v) is 11.1. The number of carbonyl (C=O) groups excluding carboxylic acids is 2. The molecule has 0 heterocycles. The molecule has 3 aromatic rings. The summed E-state index contributed by atoms with van der Waals surface area (Å²) in [5.74, 6) is -2.34. The lowest BCUT2D eigenvalue weighted by molar-refractivity contribution is -0.111. The van der Waals surface area contributed by atoms with E-state index in [0.717, 1.165) is 10.5 Å². The molecule has 0 saturated heterocycles. The number of aromatic hydroxyl groups is 1. The number of carbonyl (C=O) groups is 2. The summed E-state index contributed by atoms with van der Waals surface area (Å²) >= 11 is 3.32. The Labute approximate surface area is 204 Å². The molecule has 176 valence electrons. The molecule has 5 N–H and O–H groups in total. The number of para-hydroxylation sites is 2. The maximum Gasteiger partial charge on any atom is 0.412 e. The quantitative estimate of drug-likeness (QED) is 0.222. The fraction of sp³-hybridized carbons (Fsp3) is 0.120. The Morgan fingerprint density at radius 3 is 2.47 bits per heavy atom. The van der Waals surface area contributed by atoms with Crippen molar-refractivity contribution in [2.75, 3.05) is 16.4 Å². The van der Waals surface area contributed by atoms with Gasteiger partial charge in [-0.1, -0.05) is 47.1 Å². The average Bonchev–Trinajstić information content (AvgIpc) is 2.81. The number of phenolic OH excluding ortho intramolecular Hbond substituents is 1. The SMILES string of the molecule is C[C@@H](/C=C/C(=O)Nc1ccccc1N)[C@@H](OC(=O)Nc1ccc(Br)cc1)c1ccc(O)c(F)c1. The number of nitrogens with one attached hydrogen (secondary N) is 2. The number of halogens is 2. The average molecular weight is 528 g/mol. The van der Waals surface area contributed by atoms with E-state index in [2.05, 4.69) is 26.6 Å². The number of phenols is 1. The van der Waals surface area contributed by atoms with Crippen LogP contribution in [0.2, 0.25) is 0 Å². The molecule has 0 saturated carbocycles. The first-order chi connectivity index (χ1) is 16.2. The number of hydrogen-bond donors (Lipinski definition) is 4. The molecule has 0 aliphatic carbocycles. The predicted molar refractivity (Wildman–Crippen MR) is 133 cm³/mol. The summed E-state index contributed by atoms with van der Waals surface area (Å²) in [4.78, 5) is 24.9. The number of nitrogens with two attached hydrogens (primary N) is 1. The normalized spacial score (nSPS) is 12.7. The summed E-state index contributed by atoms with van der Waals surface area (Å²) in [5.41, 5.74) is 7.54. The van der Waals surface area contributed by atoms with Gasteiger partial charge < -0.3 is 20.9 Å². The van der Waals surface area contributed by atoms with Crippen molar-refractivity contribution in [3.8, 4) is 5.75 Å². The van der Waals surface area contributed by atoms with Gasteiger partial charge in [0, 0.05) is 16.1 Å². The van der Waals surface area contributed by atoms with Gasteiger partial charge in [-0.05, 0) is 60.2 Å². The van der Waals surface area contributed by atoms with Crippen LogP contribution < -0.4 is 16.4 Å². The second kappa shape index (κ2) is 11.3. The smallest absolute Gasteiger partial charge is 0.412 e. The van der Waals surface area contributed by atoms with Gasteiger partial charge in [0.05, 0.1) is 11.4 Å². The summed E-state index contributed by atoms with van der Waals surface area (Å²) in [7, 11) is 0. The van der Waals surface area contributed by atoms with Gasteiger partial charge in [0.1, 0.15) is 6.10 Å². The molecule has 0 aromatic heterocycles. The van der Waals surface area contributed by atoms with Gasteiger partial charge in [-0.3, -0.25) is 10.1 Å². The molecule has 0 bridgehead atoms. The minimum atomic E-state index is -0.948. The number of benzene rings is 3. The Hall–Kier alpha value is -3.85. The number of rotatable bonds is 7. The van der Waals surface area contributed by atoms with Gasteiger partial charge in [0.15, 0.2) is 11.6 Å². The molecule has 34 heavy (non-hydrogen) atoms. The highest BCUT2D eigenvalue weighted by atomic mass is 79.9. The van der Waals surface area contributed by atoms with Crippen LogP contribution in [0.1, 0.15) is 18.6 Å². The van der Waals surface area contributed by atoms with Crippen molar-refractivity contribution in [1.82, 2.24) is 0 Å². The van der Waals surface area contributed by atoms with Crippen molar-refractivity contribution in [2.24, 2.45) is 5.92 Å². The third-order valence-corrected chi connectivity index (χ3v) is 5.40. The van der Waals surface area contributed by atoms with E-state index in [9.17, 15) is 19.1 Å². The second-order valence-corrected chi connectivity index (χ2v) is 8.38. The number of hydrogen-bond acceptors (Lipinski definition) is 5. The number of nitrogen functional groups attached to an aromatic ring is 1. The van der Waals surface area contributed by atoms with E-state index in [4.69, 9.17) is 10.5 Å². The minimum absolute atomic E-state index is 0.311. The maximum atomic E-state index is 14.0. The topological polar surface area (TPSA) is 114 Å². The summed E-state index contributed by atoms with van der Waals surface area (Å²) in [5, 5.41) is 14.8. The largest absolute Gasteiger partial charge is 0.505 e. The van der Waals surface area contributed by atoms with E-state index in [1.165, 1.54) is 24.3 Å². The van der Waals surface area contributed by atoms with Gasteiger partial charge in [-0.15, -0.1) is 0 Å². The highest BCUT2D eigenvalue weighted by Crippen LogP contribution is 2.30. The molecule has 0 aliphatic heterocycles. The molecule has 0 unspecified atom stereocenters. The molecule has 9 heteroatoms. The van der Waals surface area contributed by atoms with Gasteiger partial charge >= 0.3 is 6.09 Å². The highest BCUT2D eigenvalue weighted by Gasteiger charge is 2.24. The van der Waals surface area contributed by atoms with Crippen molar-refractivity contribution in [3.63, 3.8) is 0 Å². The molecule has 0 spiro atoms. The molecule has 7 nitrogen and oxygen atoms in total. The van der Waals surface area contributed by atoms with Crippen molar-refractivity contribution in [2.45, 2.75) is 13.0 Å². The van der Waals surface area contributed by atoms with Crippen LogP contribution in [0.15, 0.2) is 83.4 Å². The molecule has 2 atom stereocenters. The zero-order valence-electron chi connectivity index (χ0n) is 18.2. The Morgan fingerprint density at radius 2 is 1.79 bits per heavy atom. The van der Waals surface area contributed by atoms with Crippen LogP contribution in [0.3, 0.4) is 0 Å². The van der Waals surface area contributed by atoms with Crippen molar-refractivity contribution in [1.29, 1.82) is 0 Å². The lowest BCUT2D eigenvalue weighted by Crippen LogP contribution is -2.21. The first-order valence-electron chi connectivity index (χ1n) is 10.3. The molecule has 0 aliphatic rings. The Morgan fingerprint density at radius 1 is 1.09 bits per heavy atom. The van der Waals surface area contributed by atoms with Gasteiger partial charge in [-0.25, -0.2) is 9.18 Å². The zero-order chi connectivity index (χ0) is 24.7. The minimum Gasteiger partial charge on any atom is -0.505 e. The van der Waals surface area contributed by atoms with Gasteiger partial charge in [0.2, 0.25) is 5.91 Å². The number of amides is 2. The van der Waals surface area contributed by atoms with Crippen molar-refractivity contribution < 1.29 is 23.8 Å². The van der Waals surface area contributed by atoms with E-state index in [-0.39, 0.29) is 0 Å². The predicted octanol–water partition coefficient (Wildman–Crippen LogP) is 6.00. The van der Waals surface area contributed by atoms with E-state index >= 15 is 0 Å². The fourth-order valence-corrected chi connectivity index (χ4v) is 3.36. The summed E-state index contributed by atoms with van der Waals surface area (Å²) in [6, 6.07) is 17.4.